The molecule has 142 valence electrons. The third kappa shape index (κ3) is 3.45. The smallest absolute Gasteiger partial charge is 0.339 e. The molecule has 1 aliphatic rings. The number of anilines is 3. The second-order valence-electron chi connectivity index (χ2n) is 6.58. The Bertz CT molecular complexity index is 1020. The molecule has 0 unspecified atom stereocenters. The zero-order valence-electron chi connectivity index (χ0n) is 14.8. The summed E-state index contributed by atoms with van der Waals surface area (Å²) in [5, 5.41) is 2.67. The van der Waals surface area contributed by atoms with Gasteiger partial charge in [0.25, 0.3) is 5.91 Å². The van der Waals surface area contributed by atoms with Crippen LogP contribution in [0.3, 0.4) is 0 Å². The average Bonchev–Trinajstić information content (AvgIpc) is 3.12. The lowest BCUT2D eigenvalue weighted by molar-refractivity contribution is -0.137. The van der Waals surface area contributed by atoms with Crippen LogP contribution in [0.25, 0.3) is 0 Å². The minimum Gasteiger partial charge on any atom is -0.339 e. The minimum atomic E-state index is -4.49. The van der Waals surface area contributed by atoms with Crippen molar-refractivity contribution in [3.63, 3.8) is 0 Å². The number of alkyl halides is 3. The first-order chi connectivity index (χ1) is 13.4. The Kier molecular flexibility index (Phi) is 4.55. The number of nitrogens with zero attached hydrogens (tertiary/aromatic N) is 1. The van der Waals surface area contributed by atoms with E-state index in [4.69, 9.17) is 0 Å². The van der Waals surface area contributed by atoms with Crippen LogP contribution < -0.4 is 10.2 Å². The van der Waals surface area contributed by atoms with Gasteiger partial charge in [0.15, 0.2) is 0 Å². The van der Waals surface area contributed by atoms with Crippen LogP contribution in [0.15, 0.2) is 72.8 Å². The molecule has 0 saturated heterocycles. The average molecular weight is 382 g/mol. The van der Waals surface area contributed by atoms with Crippen molar-refractivity contribution in [3.05, 3.63) is 89.5 Å². The molecule has 28 heavy (non-hydrogen) atoms. The molecular formula is C22H17F3N2O. The SMILES string of the molecule is O=C(Nc1cc(C(F)(F)F)ccc1N1CCc2ccccc21)c1ccccc1. The number of fused-ring (bicyclic) bond motifs is 1. The number of carbonyl (C=O) groups is 1. The van der Waals surface area contributed by atoms with Crippen LogP contribution in [-0.4, -0.2) is 12.5 Å². The summed E-state index contributed by atoms with van der Waals surface area (Å²) in [4.78, 5) is 14.5. The molecule has 0 radical (unpaired) electrons. The highest BCUT2D eigenvalue weighted by molar-refractivity contribution is 6.06. The Balaban J connectivity index is 1.75. The van der Waals surface area contributed by atoms with Crippen LogP contribution >= 0.6 is 0 Å². The summed E-state index contributed by atoms with van der Waals surface area (Å²) in [6.45, 7) is 0.638. The first-order valence-electron chi connectivity index (χ1n) is 8.86. The van der Waals surface area contributed by atoms with Gasteiger partial charge in [-0.05, 0) is 48.4 Å². The molecule has 0 saturated carbocycles. The Morgan fingerprint density at radius 1 is 0.893 bits per heavy atom. The molecule has 1 aliphatic heterocycles. The van der Waals surface area contributed by atoms with Crippen LogP contribution in [0, 0.1) is 0 Å². The van der Waals surface area contributed by atoms with E-state index in [1.165, 1.54) is 6.07 Å². The van der Waals surface area contributed by atoms with Crippen molar-refractivity contribution in [2.24, 2.45) is 0 Å². The number of carbonyl (C=O) groups excluding carboxylic acids is 1. The molecule has 6 heteroatoms. The molecule has 0 bridgehead atoms. The molecule has 3 aromatic rings. The van der Waals surface area contributed by atoms with Crippen molar-refractivity contribution < 1.29 is 18.0 Å². The van der Waals surface area contributed by atoms with E-state index in [1.807, 2.05) is 29.2 Å². The van der Waals surface area contributed by atoms with Gasteiger partial charge in [-0.1, -0.05) is 36.4 Å². The second-order valence-corrected chi connectivity index (χ2v) is 6.58. The Hall–Kier alpha value is -3.28. The molecule has 1 N–H and O–H groups in total. The molecule has 0 spiro atoms. The van der Waals surface area contributed by atoms with Gasteiger partial charge in [0.05, 0.1) is 16.9 Å². The van der Waals surface area contributed by atoms with Crippen molar-refractivity contribution in [1.29, 1.82) is 0 Å². The quantitative estimate of drug-likeness (QED) is 0.635. The second kappa shape index (κ2) is 7.03. The van der Waals surface area contributed by atoms with Gasteiger partial charge in [0, 0.05) is 17.8 Å². The maximum Gasteiger partial charge on any atom is 0.416 e. The van der Waals surface area contributed by atoms with Gasteiger partial charge >= 0.3 is 6.18 Å². The van der Waals surface area contributed by atoms with E-state index in [0.29, 0.717) is 17.8 Å². The lowest BCUT2D eigenvalue weighted by Gasteiger charge is -2.24. The molecule has 0 fully saturated rings. The number of hydrogen-bond acceptors (Lipinski definition) is 2. The first-order valence-corrected chi connectivity index (χ1v) is 8.86. The zero-order chi connectivity index (χ0) is 19.7. The Labute approximate surface area is 160 Å². The summed E-state index contributed by atoms with van der Waals surface area (Å²) in [5.41, 5.74) is 2.34. The third-order valence-corrected chi connectivity index (χ3v) is 4.79. The predicted octanol–water partition coefficient (Wildman–Crippen LogP) is 5.65. The summed E-state index contributed by atoms with van der Waals surface area (Å²) in [7, 11) is 0. The van der Waals surface area contributed by atoms with E-state index >= 15 is 0 Å². The fraction of sp³-hybridized carbons (Fsp3) is 0.136. The highest BCUT2D eigenvalue weighted by Crippen LogP contribution is 2.41. The molecule has 0 atom stereocenters. The van der Waals surface area contributed by atoms with Crippen molar-refractivity contribution in [1.82, 2.24) is 0 Å². The number of benzene rings is 3. The number of halogens is 3. The fourth-order valence-corrected chi connectivity index (χ4v) is 3.42. The normalized spacial score (nSPS) is 13.3. The van der Waals surface area contributed by atoms with Crippen molar-refractivity contribution in [2.45, 2.75) is 12.6 Å². The van der Waals surface area contributed by atoms with E-state index in [-0.39, 0.29) is 5.69 Å². The number of rotatable bonds is 3. The Morgan fingerprint density at radius 3 is 2.36 bits per heavy atom. The maximum atomic E-state index is 13.2. The number of hydrogen-bond donors (Lipinski definition) is 1. The molecule has 0 aliphatic carbocycles. The van der Waals surface area contributed by atoms with E-state index in [0.717, 1.165) is 29.8 Å². The van der Waals surface area contributed by atoms with E-state index in [1.54, 1.807) is 30.3 Å². The number of nitrogens with one attached hydrogen (secondary N) is 1. The van der Waals surface area contributed by atoms with Crippen LogP contribution in [0.5, 0.6) is 0 Å². The standard InChI is InChI=1S/C22H17F3N2O/c23-22(24,25)17-10-11-20(27-13-12-15-6-4-5-9-19(15)27)18(14-17)26-21(28)16-7-2-1-3-8-16/h1-11,14H,12-13H2,(H,26,28). The van der Waals surface area contributed by atoms with Gasteiger partial charge in [-0.3, -0.25) is 4.79 Å². The maximum absolute atomic E-state index is 13.2. The topological polar surface area (TPSA) is 32.3 Å². The van der Waals surface area contributed by atoms with Crippen LogP contribution in [0.1, 0.15) is 21.5 Å². The van der Waals surface area contributed by atoms with Crippen molar-refractivity contribution in [2.75, 3.05) is 16.8 Å². The van der Waals surface area contributed by atoms with Gasteiger partial charge < -0.3 is 10.2 Å². The van der Waals surface area contributed by atoms with E-state index in [9.17, 15) is 18.0 Å². The van der Waals surface area contributed by atoms with Gasteiger partial charge in [-0.15, -0.1) is 0 Å². The highest BCUT2D eigenvalue weighted by Gasteiger charge is 2.32. The summed E-state index contributed by atoms with van der Waals surface area (Å²) in [6, 6.07) is 19.7. The number of amides is 1. The molecule has 0 aromatic heterocycles. The zero-order valence-corrected chi connectivity index (χ0v) is 14.8. The predicted molar refractivity (Wildman–Crippen MR) is 103 cm³/mol. The van der Waals surface area contributed by atoms with Gasteiger partial charge in [0.2, 0.25) is 0 Å². The molecule has 1 amide bonds. The van der Waals surface area contributed by atoms with Crippen molar-refractivity contribution >= 4 is 23.0 Å². The highest BCUT2D eigenvalue weighted by atomic mass is 19.4. The first kappa shape index (κ1) is 18.1. The van der Waals surface area contributed by atoms with Crippen molar-refractivity contribution in [3.8, 4) is 0 Å². The summed E-state index contributed by atoms with van der Waals surface area (Å²) < 4.78 is 39.7. The van der Waals surface area contributed by atoms with Gasteiger partial charge in [0.1, 0.15) is 0 Å². The summed E-state index contributed by atoms with van der Waals surface area (Å²) >= 11 is 0. The monoisotopic (exact) mass is 382 g/mol. The van der Waals surface area contributed by atoms with Gasteiger partial charge in [-0.2, -0.15) is 13.2 Å². The van der Waals surface area contributed by atoms with Gasteiger partial charge in [-0.25, -0.2) is 0 Å². The third-order valence-electron chi connectivity index (χ3n) is 4.79. The molecule has 3 nitrogen and oxygen atoms in total. The molecule has 1 heterocycles. The van der Waals surface area contributed by atoms with E-state index in [2.05, 4.69) is 5.32 Å². The van der Waals surface area contributed by atoms with Crippen LogP contribution in [0.2, 0.25) is 0 Å². The molecular weight excluding hydrogens is 365 g/mol. The molecule has 4 rings (SSSR count). The van der Waals surface area contributed by atoms with Crippen LogP contribution in [0.4, 0.5) is 30.2 Å². The lowest BCUT2D eigenvalue weighted by atomic mass is 10.1. The fourth-order valence-electron chi connectivity index (χ4n) is 3.42. The summed E-state index contributed by atoms with van der Waals surface area (Å²) in [5.74, 6) is -0.450. The largest absolute Gasteiger partial charge is 0.416 e. The number of para-hydroxylation sites is 1. The summed E-state index contributed by atoms with van der Waals surface area (Å²) in [6.07, 6.45) is -3.70. The minimum absolute atomic E-state index is 0.139. The Morgan fingerprint density at radius 2 is 1.61 bits per heavy atom. The lowest BCUT2D eigenvalue weighted by Crippen LogP contribution is -2.19. The van der Waals surface area contributed by atoms with Crippen LogP contribution in [-0.2, 0) is 12.6 Å². The molecule has 3 aromatic carbocycles. The van der Waals surface area contributed by atoms with E-state index < -0.39 is 17.6 Å².